The third-order valence-corrected chi connectivity index (χ3v) is 5.45. The van der Waals surface area contributed by atoms with Gasteiger partial charge in [-0.15, -0.1) is 0 Å². The van der Waals surface area contributed by atoms with Gasteiger partial charge in [0.2, 0.25) is 5.69 Å². The Bertz CT molecular complexity index is 1230. The van der Waals surface area contributed by atoms with Crippen LogP contribution in [0.5, 0.6) is 0 Å². The third-order valence-electron chi connectivity index (χ3n) is 5.45. The second kappa shape index (κ2) is 9.47. The summed E-state index contributed by atoms with van der Waals surface area (Å²) in [6.45, 7) is 2.60. The van der Waals surface area contributed by atoms with Gasteiger partial charge >= 0.3 is 5.97 Å². The molecule has 0 saturated carbocycles. The van der Waals surface area contributed by atoms with Gasteiger partial charge in [0.05, 0.1) is 5.56 Å². The maximum Gasteiger partial charge on any atom is 0.336 e. The molecule has 0 fully saturated rings. The molecule has 4 aromatic rings. The van der Waals surface area contributed by atoms with Crippen LogP contribution in [0.25, 0.3) is 22.5 Å². The van der Waals surface area contributed by atoms with E-state index in [-0.39, 0.29) is 5.56 Å². The number of hydrogen-bond donors (Lipinski definition) is 1. The van der Waals surface area contributed by atoms with Gasteiger partial charge in [0, 0.05) is 31.3 Å². The van der Waals surface area contributed by atoms with Gasteiger partial charge in [0.25, 0.3) is 0 Å². The fourth-order valence-corrected chi connectivity index (χ4v) is 3.81. The summed E-state index contributed by atoms with van der Waals surface area (Å²) in [4.78, 5) is 16.7. The van der Waals surface area contributed by atoms with Gasteiger partial charge in [-0.2, -0.15) is 4.73 Å². The first-order valence-corrected chi connectivity index (χ1v) is 10.7. The summed E-state index contributed by atoms with van der Waals surface area (Å²) in [6, 6.07) is 20.3. The lowest BCUT2D eigenvalue weighted by Gasteiger charge is -2.11. The molecule has 0 amide bonds. The molecular weight excluding hydrogens is 402 g/mol. The Hall–Kier alpha value is -3.93. The van der Waals surface area contributed by atoms with Crippen molar-refractivity contribution < 1.29 is 14.6 Å². The highest BCUT2D eigenvalue weighted by Gasteiger charge is 2.17. The molecular formula is C26H25N3O3. The molecule has 1 N–H and O–H groups in total. The molecule has 0 aliphatic heterocycles. The van der Waals surface area contributed by atoms with E-state index >= 15 is 0 Å². The lowest BCUT2D eigenvalue weighted by atomic mass is 9.97. The van der Waals surface area contributed by atoms with Gasteiger partial charge < -0.3 is 14.9 Å². The van der Waals surface area contributed by atoms with E-state index < -0.39 is 5.97 Å². The predicted octanol–water partition coefficient (Wildman–Crippen LogP) is 4.94. The van der Waals surface area contributed by atoms with Crippen LogP contribution in [-0.4, -0.2) is 20.6 Å². The van der Waals surface area contributed by atoms with Crippen LogP contribution in [0.1, 0.15) is 41.5 Å². The standard InChI is InChI=1S/C26H25N3O3/c1-2-3-12-25-27-23(24-11-7-8-15-29(24)32)18-28(25)17-19-13-14-21(22(16-19)26(30)31)20-9-5-4-6-10-20/h4-11,13-16,18H,2-3,12,17H2,1H3,(H,30,31). The zero-order chi connectivity index (χ0) is 22.5. The number of aryl methyl sites for hydroxylation is 1. The Morgan fingerprint density at radius 2 is 1.88 bits per heavy atom. The number of pyridine rings is 1. The summed E-state index contributed by atoms with van der Waals surface area (Å²) >= 11 is 0. The van der Waals surface area contributed by atoms with Crippen molar-refractivity contribution in [1.29, 1.82) is 0 Å². The average Bonchev–Trinajstić information content (AvgIpc) is 3.20. The van der Waals surface area contributed by atoms with Crippen LogP contribution in [0.15, 0.2) is 79.1 Å². The number of carboxylic acids is 1. The summed E-state index contributed by atoms with van der Waals surface area (Å²) in [5.74, 6) is -0.0744. The second-order valence-corrected chi connectivity index (χ2v) is 7.74. The van der Waals surface area contributed by atoms with Crippen LogP contribution in [0.2, 0.25) is 0 Å². The van der Waals surface area contributed by atoms with E-state index in [0.717, 1.165) is 40.9 Å². The molecule has 32 heavy (non-hydrogen) atoms. The molecule has 0 unspecified atom stereocenters. The van der Waals surface area contributed by atoms with Gasteiger partial charge in [0.1, 0.15) is 5.82 Å². The lowest BCUT2D eigenvalue weighted by Crippen LogP contribution is -2.27. The van der Waals surface area contributed by atoms with E-state index in [2.05, 4.69) is 6.92 Å². The van der Waals surface area contributed by atoms with Gasteiger partial charge in [-0.25, -0.2) is 9.78 Å². The fourth-order valence-electron chi connectivity index (χ4n) is 3.81. The highest BCUT2D eigenvalue weighted by Crippen LogP contribution is 2.26. The monoisotopic (exact) mass is 427 g/mol. The first-order chi connectivity index (χ1) is 15.6. The van der Waals surface area contributed by atoms with Gasteiger partial charge in [-0.05, 0) is 35.2 Å². The molecule has 2 aromatic carbocycles. The van der Waals surface area contributed by atoms with Crippen LogP contribution < -0.4 is 4.73 Å². The Morgan fingerprint density at radius 3 is 2.59 bits per heavy atom. The fraction of sp³-hybridized carbons (Fsp3) is 0.192. The molecule has 0 aliphatic carbocycles. The summed E-state index contributed by atoms with van der Waals surface area (Å²) < 4.78 is 2.83. The van der Waals surface area contributed by atoms with E-state index in [4.69, 9.17) is 4.98 Å². The van der Waals surface area contributed by atoms with E-state index in [0.29, 0.717) is 23.5 Å². The number of aromatic nitrogens is 3. The quantitative estimate of drug-likeness (QED) is 0.319. The van der Waals surface area contributed by atoms with Gasteiger partial charge in [-0.1, -0.05) is 55.8 Å². The van der Waals surface area contributed by atoms with Crippen molar-refractivity contribution in [3.63, 3.8) is 0 Å². The number of nitrogens with zero attached hydrogens (tertiary/aromatic N) is 3. The van der Waals surface area contributed by atoms with Crippen LogP contribution in [0, 0.1) is 5.21 Å². The molecule has 2 aromatic heterocycles. The first kappa shape index (κ1) is 21.3. The number of rotatable bonds is 8. The van der Waals surface area contributed by atoms with E-state index in [9.17, 15) is 15.1 Å². The number of aromatic carboxylic acids is 1. The lowest BCUT2D eigenvalue weighted by molar-refractivity contribution is -0.593. The van der Waals surface area contributed by atoms with Crippen LogP contribution in [-0.2, 0) is 13.0 Å². The minimum absolute atomic E-state index is 0.268. The third kappa shape index (κ3) is 4.54. The Kier molecular flexibility index (Phi) is 6.31. The summed E-state index contributed by atoms with van der Waals surface area (Å²) in [7, 11) is 0. The smallest absolute Gasteiger partial charge is 0.336 e. The van der Waals surface area contributed by atoms with Crippen molar-refractivity contribution in [3.8, 4) is 22.5 Å². The van der Waals surface area contributed by atoms with Crippen molar-refractivity contribution in [1.82, 2.24) is 9.55 Å². The minimum Gasteiger partial charge on any atom is -0.618 e. The van der Waals surface area contributed by atoms with Crippen LogP contribution >= 0.6 is 0 Å². The molecule has 4 rings (SSSR count). The molecule has 0 saturated heterocycles. The van der Waals surface area contributed by atoms with Crippen molar-refractivity contribution in [2.75, 3.05) is 0 Å². The summed E-state index contributed by atoms with van der Waals surface area (Å²) in [6.07, 6.45) is 6.14. The number of carbonyl (C=O) groups is 1. The molecule has 0 radical (unpaired) electrons. The number of carboxylic acid groups (broad SMARTS) is 1. The molecule has 0 aliphatic rings. The van der Waals surface area contributed by atoms with E-state index in [1.165, 1.54) is 6.20 Å². The molecule has 6 nitrogen and oxygen atoms in total. The van der Waals surface area contributed by atoms with Crippen molar-refractivity contribution in [3.05, 3.63) is 101 Å². The van der Waals surface area contributed by atoms with Crippen molar-refractivity contribution in [2.24, 2.45) is 0 Å². The molecule has 6 heteroatoms. The van der Waals surface area contributed by atoms with Crippen LogP contribution in [0.4, 0.5) is 0 Å². The van der Waals surface area contributed by atoms with Gasteiger partial charge in [0.15, 0.2) is 11.9 Å². The number of unbranched alkanes of at least 4 members (excludes halogenated alkanes) is 1. The predicted molar refractivity (Wildman–Crippen MR) is 123 cm³/mol. The first-order valence-electron chi connectivity index (χ1n) is 10.7. The zero-order valence-electron chi connectivity index (χ0n) is 17.9. The highest BCUT2D eigenvalue weighted by molar-refractivity contribution is 5.96. The van der Waals surface area contributed by atoms with Crippen molar-refractivity contribution in [2.45, 2.75) is 32.7 Å². The topological polar surface area (TPSA) is 82.1 Å². The van der Waals surface area contributed by atoms with Crippen molar-refractivity contribution >= 4 is 5.97 Å². The largest absolute Gasteiger partial charge is 0.618 e. The summed E-state index contributed by atoms with van der Waals surface area (Å²) in [5.41, 5.74) is 3.81. The molecule has 2 heterocycles. The highest BCUT2D eigenvalue weighted by atomic mass is 16.5. The molecule has 0 spiro atoms. The Balaban J connectivity index is 1.71. The Morgan fingerprint density at radius 1 is 1.09 bits per heavy atom. The number of imidazole rings is 1. The Labute approximate surface area is 187 Å². The van der Waals surface area contributed by atoms with Crippen LogP contribution in [0.3, 0.4) is 0 Å². The summed E-state index contributed by atoms with van der Waals surface area (Å²) in [5, 5.41) is 22.0. The molecule has 0 atom stereocenters. The number of hydrogen-bond acceptors (Lipinski definition) is 3. The maximum absolute atomic E-state index is 12.2. The maximum atomic E-state index is 12.2. The second-order valence-electron chi connectivity index (χ2n) is 7.74. The van der Waals surface area contributed by atoms with E-state index in [1.807, 2.05) is 59.3 Å². The SMILES string of the molecule is CCCCc1nc(-c2cccc[n+]2[O-])cn1Cc1ccc(-c2ccccc2)c(C(=O)O)c1. The zero-order valence-corrected chi connectivity index (χ0v) is 17.9. The normalized spacial score (nSPS) is 10.9. The number of benzene rings is 2. The molecule has 0 bridgehead atoms. The van der Waals surface area contributed by atoms with Gasteiger partial charge in [-0.3, -0.25) is 0 Å². The average molecular weight is 428 g/mol. The minimum atomic E-state index is -0.958. The molecule has 162 valence electrons. The van der Waals surface area contributed by atoms with E-state index in [1.54, 1.807) is 18.2 Å².